The van der Waals surface area contributed by atoms with Gasteiger partial charge in [0.1, 0.15) is 4.21 Å². The fraction of sp³-hybridized carbons (Fsp3) is 0.304. The third-order valence-corrected chi connectivity index (χ3v) is 10.8. The molecule has 0 atom stereocenters. The van der Waals surface area contributed by atoms with Gasteiger partial charge >= 0.3 is 0 Å². The Morgan fingerprint density at radius 3 is 2.55 bits per heavy atom. The Labute approximate surface area is 204 Å². The van der Waals surface area contributed by atoms with Crippen LogP contribution in [0.15, 0.2) is 57.7 Å². The number of rotatable bonds is 4. The minimum absolute atomic E-state index is 0.177. The van der Waals surface area contributed by atoms with Crippen LogP contribution in [0.3, 0.4) is 0 Å². The summed E-state index contributed by atoms with van der Waals surface area (Å²) >= 11 is 8.50. The van der Waals surface area contributed by atoms with E-state index in [-0.39, 0.29) is 16.0 Å². The molecule has 2 aromatic carbocycles. The highest BCUT2D eigenvalue weighted by Gasteiger charge is 2.33. The summed E-state index contributed by atoms with van der Waals surface area (Å²) in [5, 5.41) is 2.32. The van der Waals surface area contributed by atoms with Crippen LogP contribution in [-0.2, 0) is 21.4 Å². The Bertz CT molecular complexity index is 1530. The lowest BCUT2D eigenvalue weighted by Crippen LogP contribution is -2.40. The van der Waals surface area contributed by atoms with E-state index in [1.54, 1.807) is 6.07 Å². The maximum absolute atomic E-state index is 13.0. The lowest BCUT2D eigenvalue weighted by atomic mass is 9.98. The summed E-state index contributed by atoms with van der Waals surface area (Å²) in [7, 11) is -3.57. The maximum Gasteiger partial charge on any atom is 0.252 e. The van der Waals surface area contributed by atoms with Crippen molar-refractivity contribution >= 4 is 71.2 Å². The number of carbonyl (C=O) groups excluding carboxylic acids is 1. The zero-order valence-electron chi connectivity index (χ0n) is 17.9. The molecule has 0 spiro atoms. The molecule has 2 aromatic heterocycles. The molecule has 0 saturated carbocycles. The number of amides is 1. The average Bonchev–Trinajstić information content (AvgIpc) is 3.42. The van der Waals surface area contributed by atoms with Gasteiger partial charge in [-0.25, -0.2) is 8.42 Å². The topological polar surface area (TPSA) is 71.7 Å². The molecule has 0 aliphatic carbocycles. The van der Waals surface area contributed by atoms with Crippen molar-refractivity contribution in [1.82, 2.24) is 8.87 Å². The van der Waals surface area contributed by atoms with Gasteiger partial charge in [-0.3, -0.25) is 4.79 Å². The summed E-state index contributed by atoms with van der Waals surface area (Å²) in [5.41, 5.74) is 1.07. The number of hydrogen-bond donors (Lipinski definition) is 0. The lowest BCUT2D eigenvalue weighted by molar-refractivity contribution is -0.122. The smallest absolute Gasteiger partial charge is 0.252 e. The zero-order chi connectivity index (χ0) is 23.2. The predicted molar refractivity (Wildman–Crippen MR) is 134 cm³/mol. The van der Waals surface area contributed by atoms with Gasteiger partial charge in [0.2, 0.25) is 0 Å². The molecule has 5 rings (SSSR count). The first-order chi connectivity index (χ1) is 15.9. The van der Waals surface area contributed by atoms with Gasteiger partial charge in [-0.1, -0.05) is 53.3 Å². The number of aromatic nitrogens is 1. The van der Waals surface area contributed by atoms with Crippen LogP contribution in [-0.4, -0.2) is 36.3 Å². The second-order valence-corrected chi connectivity index (χ2v) is 12.8. The van der Waals surface area contributed by atoms with E-state index in [9.17, 15) is 13.2 Å². The highest BCUT2D eigenvalue weighted by Crippen LogP contribution is 2.31. The number of piperidine rings is 1. The quantitative estimate of drug-likeness (QED) is 0.375. The van der Waals surface area contributed by atoms with Crippen LogP contribution in [0, 0.1) is 5.92 Å². The molecule has 1 saturated heterocycles. The fourth-order valence-electron chi connectivity index (χ4n) is 4.28. The van der Waals surface area contributed by atoms with Crippen molar-refractivity contribution in [2.75, 3.05) is 13.1 Å². The van der Waals surface area contributed by atoms with E-state index in [1.807, 2.05) is 19.1 Å². The van der Waals surface area contributed by atoms with E-state index in [1.165, 1.54) is 21.7 Å². The molecular weight excluding hydrogens is 498 g/mol. The van der Waals surface area contributed by atoms with Crippen molar-refractivity contribution in [1.29, 1.82) is 0 Å². The van der Waals surface area contributed by atoms with Gasteiger partial charge in [0.25, 0.3) is 15.9 Å². The molecule has 0 bridgehead atoms. The molecule has 0 radical (unpaired) electrons. The number of aryl methyl sites for hydroxylation is 1. The van der Waals surface area contributed by atoms with Gasteiger partial charge in [-0.15, -0.1) is 11.3 Å². The standard InChI is InChI=1S/C23H22ClN3O3S3/c1-2-27-18-8-7-15-5-3-4-6-17(15)21(18)32-23(27)25-22(28)16-11-13-26(14-12-16)33(29,30)20-10-9-19(24)31-20/h3-10,16H,2,11-14H2,1H3. The predicted octanol–water partition coefficient (Wildman–Crippen LogP) is 5.12. The lowest BCUT2D eigenvalue weighted by Gasteiger charge is -2.29. The number of sulfonamides is 1. The Morgan fingerprint density at radius 2 is 1.85 bits per heavy atom. The number of thiophene rings is 1. The second kappa shape index (κ2) is 8.96. The molecule has 1 fully saturated rings. The van der Waals surface area contributed by atoms with Gasteiger partial charge in [0.05, 0.1) is 14.6 Å². The summed E-state index contributed by atoms with van der Waals surface area (Å²) in [6, 6.07) is 15.5. The van der Waals surface area contributed by atoms with Crippen LogP contribution in [0.5, 0.6) is 0 Å². The largest absolute Gasteiger partial charge is 0.317 e. The van der Waals surface area contributed by atoms with Crippen LogP contribution in [0.1, 0.15) is 19.8 Å². The normalized spacial score (nSPS) is 16.7. The van der Waals surface area contributed by atoms with Gasteiger partial charge in [0, 0.05) is 30.9 Å². The third kappa shape index (κ3) is 4.17. The van der Waals surface area contributed by atoms with Gasteiger partial charge < -0.3 is 4.57 Å². The number of fused-ring (bicyclic) bond motifs is 3. The van der Waals surface area contributed by atoms with E-state index >= 15 is 0 Å². The molecule has 1 aliphatic rings. The van der Waals surface area contributed by atoms with Crippen LogP contribution in [0.25, 0.3) is 21.0 Å². The number of thiazole rings is 1. The Balaban J connectivity index is 1.40. The first-order valence-corrected chi connectivity index (χ1v) is 14.2. The monoisotopic (exact) mass is 519 g/mol. The van der Waals surface area contributed by atoms with Crippen LogP contribution in [0.4, 0.5) is 0 Å². The minimum Gasteiger partial charge on any atom is -0.317 e. The van der Waals surface area contributed by atoms with Crippen molar-refractivity contribution in [2.45, 2.75) is 30.5 Å². The highest BCUT2D eigenvalue weighted by molar-refractivity contribution is 7.91. The SMILES string of the molecule is CCn1c(=NC(=O)C2CCN(S(=O)(=O)c3ccc(Cl)s3)CC2)sc2c3ccccc3ccc21. The first kappa shape index (κ1) is 22.7. The molecule has 1 aliphatic heterocycles. The molecule has 1 amide bonds. The van der Waals surface area contributed by atoms with Gasteiger partial charge in [0.15, 0.2) is 4.80 Å². The van der Waals surface area contributed by atoms with Gasteiger partial charge in [-0.2, -0.15) is 9.30 Å². The number of hydrogen-bond acceptors (Lipinski definition) is 5. The van der Waals surface area contributed by atoms with E-state index in [4.69, 9.17) is 11.6 Å². The number of nitrogens with zero attached hydrogens (tertiary/aromatic N) is 3. The second-order valence-electron chi connectivity index (χ2n) is 7.95. The highest BCUT2D eigenvalue weighted by atomic mass is 35.5. The van der Waals surface area contributed by atoms with Gasteiger partial charge in [-0.05, 0) is 43.4 Å². The third-order valence-electron chi connectivity index (χ3n) is 6.04. The molecule has 172 valence electrons. The van der Waals surface area contributed by atoms with E-state index in [0.717, 1.165) is 32.3 Å². The summed E-state index contributed by atoms with van der Waals surface area (Å²) in [6.07, 6.45) is 0.918. The van der Waals surface area contributed by atoms with Crippen molar-refractivity contribution in [3.05, 3.63) is 57.7 Å². The molecule has 6 nitrogen and oxygen atoms in total. The fourth-order valence-corrected chi connectivity index (χ4v) is 8.62. The molecule has 4 aromatic rings. The van der Waals surface area contributed by atoms with E-state index < -0.39 is 10.0 Å². The molecule has 33 heavy (non-hydrogen) atoms. The number of halogens is 1. The maximum atomic E-state index is 13.0. The van der Waals surface area contributed by atoms with E-state index in [2.05, 4.69) is 33.8 Å². The summed E-state index contributed by atoms with van der Waals surface area (Å²) < 4.78 is 31.0. The molecule has 0 unspecified atom stereocenters. The summed E-state index contributed by atoms with van der Waals surface area (Å²) in [4.78, 5) is 18.2. The number of benzene rings is 2. The Hall–Kier alpha value is -2.04. The summed E-state index contributed by atoms with van der Waals surface area (Å²) in [5.74, 6) is -0.458. The Kier molecular flexibility index (Phi) is 6.17. The van der Waals surface area contributed by atoms with E-state index in [0.29, 0.717) is 41.6 Å². The van der Waals surface area contributed by atoms with Crippen LogP contribution < -0.4 is 4.80 Å². The molecule has 3 heterocycles. The van der Waals surface area contributed by atoms with Crippen molar-refractivity contribution in [2.24, 2.45) is 10.9 Å². The van der Waals surface area contributed by atoms with Crippen LogP contribution in [0.2, 0.25) is 4.34 Å². The molecule has 0 N–H and O–H groups in total. The van der Waals surface area contributed by atoms with Crippen LogP contribution >= 0.6 is 34.3 Å². The molecular formula is C23H22ClN3O3S3. The van der Waals surface area contributed by atoms with Crippen molar-refractivity contribution in [3.63, 3.8) is 0 Å². The van der Waals surface area contributed by atoms with Crippen molar-refractivity contribution < 1.29 is 13.2 Å². The number of carbonyl (C=O) groups is 1. The Morgan fingerprint density at radius 1 is 1.09 bits per heavy atom. The first-order valence-electron chi connectivity index (χ1n) is 10.7. The zero-order valence-corrected chi connectivity index (χ0v) is 21.1. The summed E-state index contributed by atoms with van der Waals surface area (Å²) in [6.45, 7) is 3.36. The molecule has 10 heteroatoms. The minimum atomic E-state index is -3.57. The average molecular weight is 520 g/mol. The van der Waals surface area contributed by atoms with Crippen molar-refractivity contribution in [3.8, 4) is 0 Å².